The van der Waals surface area contributed by atoms with E-state index in [4.69, 9.17) is 32.1 Å². The fourth-order valence-corrected chi connectivity index (χ4v) is 1.28. The van der Waals surface area contributed by atoms with Gasteiger partial charge in [-0.2, -0.15) is 0 Å². The van der Waals surface area contributed by atoms with Gasteiger partial charge in [-0.25, -0.2) is 0 Å². The Morgan fingerprint density at radius 1 is 1.75 bits per heavy atom. The van der Waals surface area contributed by atoms with Gasteiger partial charge in [0.05, 0.1) is 16.9 Å². The van der Waals surface area contributed by atoms with Gasteiger partial charge >= 0.3 is 13.7 Å². The summed E-state index contributed by atoms with van der Waals surface area (Å²) in [5, 5.41) is 17.4. The van der Waals surface area contributed by atoms with E-state index in [2.05, 4.69) is 4.98 Å². The van der Waals surface area contributed by atoms with Crippen LogP contribution in [-0.4, -0.2) is 34.8 Å². The van der Waals surface area contributed by atoms with E-state index in [9.17, 15) is 4.79 Å². The van der Waals surface area contributed by atoms with Crippen LogP contribution in [-0.2, 0) is 11.2 Å². The Balaban J connectivity index is 2.78. The molecular weight excluding hydrogens is 234 g/mol. The van der Waals surface area contributed by atoms with Gasteiger partial charge in [0.2, 0.25) is 0 Å². The first kappa shape index (κ1) is 12.8. The highest BCUT2D eigenvalue weighted by Gasteiger charge is 2.15. The highest BCUT2D eigenvalue weighted by molar-refractivity contribution is 6.31. The molecule has 0 aliphatic carbocycles. The first-order chi connectivity index (χ1) is 7.54. The molecule has 1 atom stereocenters. The monoisotopic (exact) mass is 244 g/mol. The van der Waals surface area contributed by atoms with Crippen molar-refractivity contribution in [3.05, 3.63) is 23.0 Å². The van der Waals surface area contributed by atoms with Crippen molar-refractivity contribution >= 4 is 25.3 Å². The second-order valence-corrected chi connectivity index (χ2v) is 3.43. The highest BCUT2D eigenvalue weighted by Crippen LogP contribution is 2.20. The average molecular weight is 244 g/mol. The maximum absolute atomic E-state index is 10.5. The molecule has 0 aliphatic heterocycles. The second kappa shape index (κ2) is 5.69. The van der Waals surface area contributed by atoms with Crippen LogP contribution in [0.25, 0.3) is 0 Å². The van der Waals surface area contributed by atoms with E-state index in [0.717, 1.165) is 0 Å². The summed E-state index contributed by atoms with van der Waals surface area (Å²) in [7, 11) is -0.480. The van der Waals surface area contributed by atoms with Crippen LogP contribution in [0.15, 0.2) is 12.3 Å². The summed E-state index contributed by atoms with van der Waals surface area (Å²) < 4.78 is 4.76. The Hall–Kier alpha value is -1.31. The van der Waals surface area contributed by atoms with Crippen LogP contribution >= 0.6 is 11.6 Å². The van der Waals surface area contributed by atoms with Crippen molar-refractivity contribution in [3.63, 3.8) is 0 Å². The lowest BCUT2D eigenvalue weighted by molar-refractivity contribution is -0.138. The maximum Gasteiger partial charge on any atom is 0.504 e. The van der Waals surface area contributed by atoms with Crippen LogP contribution in [0.4, 0.5) is 0 Å². The molecule has 1 rings (SSSR count). The minimum atomic E-state index is -1.12. The van der Waals surface area contributed by atoms with Gasteiger partial charge in [0.1, 0.15) is 11.8 Å². The zero-order valence-corrected chi connectivity index (χ0v) is 9.02. The van der Waals surface area contributed by atoms with E-state index in [1.807, 2.05) is 0 Å². The Kier molecular flexibility index (Phi) is 4.54. The molecule has 0 fully saturated rings. The van der Waals surface area contributed by atoms with E-state index in [-0.39, 0.29) is 11.4 Å². The molecule has 86 valence electrons. The number of aliphatic carboxylic acids is 1. The molecule has 1 aromatic rings. The van der Waals surface area contributed by atoms with E-state index in [1.165, 1.54) is 12.3 Å². The zero-order valence-electron chi connectivity index (χ0n) is 8.26. The number of aromatic nitrogens is 1. The van der Waals surface area contributed by atoms with Crippen molar-refractivity contribution in [1.82, 2.24) is 4.98 Å². The molecule has 0 radical (unpaired) electrons. The first-order valence-electron chi connectivity index (χ1n) is 4.41. The number of hydrogen-bond donors (Lipinski definition) is 3. The molecule has 0 aliphatic rings. The van der Waals surface area contributed by atoms with Gasteiger partial charge in [-0.1, -0.05) is 11.6 Å². The van der Waals surface area contributed by atoms with Crippen molar-refractivity contribution in [1.29, 1.82) is 0 Å². The van der Waals surface area contributed by atoms with Crippen molar-refractivity contribution in [2.75, 3.05) is 0 Å². The van der Waals surface area contributed by atoms with Gasteiger partial charge in [-0.15, -0.1) is 0 Å². The van der Waals surface area contributed by atoms with E-state index in [0.29, 0.717) is 11.4 Å². The summed E-state index contributed by atoms with van der Waals surface area (Å²) in [6.45, 7) is 0. The third kappa shape index (κ3) is 3.37. The van der Waals surface area contributed by atoms with Gasteiger partial charge in [-0.05, 0) is 0 Å². The quantitative estimate of drug-likeness (QED) is 0.593. The summed E-state index contributed by atoms with van der Waals surface area (Å²) >= 11 is 5.84. The Morgan fingerprint density at radius 3 is 2.94 bits per heavy atom. The summed E-state index contributed by atoms with van der Waals surface area (Å²) in [6.07, 6.45) is 1.37. The third-order valence-corrected chi connectivity index (χ3v) is 2.18. The lowest BCUT2D eigenvalue weighted by atomic mass is 10.1. The fourth-order valence-electron chi connectivity index (χ4n) is 1.05. The van der Waals surface area contributed by atoms with E-state index >= 15 is 0 Å². The number of halogens is 1. The minimum Gasteiger partial charge on any atom is -0.538 e. The van der Waals surface area contributed by atoms with Gasteiger partial charge in [0, 0.05) is 12.5 Å². The van der Waals surface area contributed by atoms with Crippen molar-refractivity contribution in [2.45, 2.75) is 12.5 Å². The standard InChI is InChI=1S/C8H10BClN2O4/c10-5-1-4(16-9-15)3-12-7(5)2-6(11)8(13)14/h1,3,6,9,15H,2,11H2,(H,13,14)/t6-/m0/s1. The number of rotatable bonds is 5. The molecule has 0 amide bonds. The molecule has 0 saturated carbocycles. The summed E-state index contributed by atoms with van der Waals surface area (Å²) in [6, 6.07) is 0.393. The molecule has 0 aromatic carbocycles. The van der Waals surface area contributed by atoms with Crippen molar-refractivity contribution in [2.24, 2.45) is 5.73 Å². The molecular formula is C8H10BClN2O4. The number of nitrogens with two attached hydrogens (primary N) is 1. The third-order valence-electron chi connectivity index (χ3n) is 1.85. The molecule has 0 unspecified atom stereocenters. The Bertz CT molecular complexity index is 390. The molecule has 0 bridgehead atoms. The van der Waals surface area contributed by atoms with Crippen LogP contribution in [0, 0.1) is 0 Å². The lowest BCUT2D eigenvalue weighted by Crippen LogP contribution is -2.32. The first-order valence-corrected chi connectivity index (χ1v) is 4.79. The smallest absolute Gasteiger partial charge is 0.504 e. The fraction of sp³-hybridized carbons (Fsp3) is 0.250. The highest BCUT2D eigenvalue weighted by atomic mass is 35.5. The number of nitrogens with zero attached hydrogens (tertiary/aromatic N) is 1. The normalized spacial score (nSPS) is 11.9. The maximum atomic E-state index is 10.5. The number of carbonyl (C=O) groups is 1. The summed E-state index contributed by atoms with van der Waals surface area (Å²) in [5.41, 5.74) is 5.72. The van der Waals surface area contributed by atoms with Gasteiger partial charge < -0.3 is 20.5 Å². The molecule has 1 heterocycles. The van der Waals surface area contributed by atoms with Crippen molar-refractivity contribution < 1.29 is 19.6 Å². The van der Waals surface area contributed by atoms with Crippen molar-refractivity contribution in [3.8, 4) is 5.75 Å². The molecule has 1 aromatic heterocycles. The molecule has 16 heavy (non-hydrogen) atoms. The summed E-state index contributed by atoms with van der Waals surface area (Å²) in [4.78, 5) is 14.4. The largest absolute Gasteiger partial charge is 0.538 e. The average Bonchev–Trinajstić information content (AvgIpc) is 2.22. The predicted octanol–water partition coefficient (Wildman–Crippen LogP) is -0.673. The molecule has 6 nitrogen and oxygen atoms in total. The Morgan fingerprint density at radius 2 is 2.44 bits per heavy atom. The van der Waals surface area contributed by atoms with E-state index < -0.39 is 19.7 Å². The predicted molar refractivity (Wildman–Crippen MR) is 58.6 cm³/mol. The van der Waals surface area contributed by atoms with Crippen LogP contribution in [0.5, 0.6) is 5.75 Å². The number of pyridine rings is 1. The number of hydrogen-bond acceptors (Lipinski definition) is 5. The topological polar surface area (TPSA) is 106 Å². The number of carboxylic acid groups (broad SMARTS) is 1. The van der Waals surface area contributed by atoms with Gasteiger partial charge in [0.15, 0.2) is 0 Å². The number of carboxylic acids is 1. The van der Waals surface area contributed by atoms with Crippen LogP contribution in [0.3, 0.4) is 0 Å². The molecule has 0 spiro atoms. The zero-order chi connectivity index (χ0) is 12.1. The van der Waals surface area contributed by atoms with Crippen LogP contribution in [0.1, 0.15) is 5.69 Å². The second-order valence-electron chi connectivity index (χ2n) is 3.02. The van der Waals surface area contributed by atoms with Crippen LogP contribution < -0.4 is 10.4 Å². The molecule has 4 N–H and O–H groups in total. The lowest BCUT2D eigenvalue weighted by Gasteiger charge is -2.08. The molecule has 8 heteroatoms. The van der Waals surface area contributed by atoms with E-state index in [1.54, 1.807) is 0 Å². The van der Waals surface area contributed by atoms with Gasteiger partial charge in [-0.3, -0.25) is 9.78 Å². The van der Waals surface area contributed by atoms with Crippen LogP contribution in [0.2, 0.25) is 5.02 Å². The SMILES string of the molecule is N[C@@H](Cc1ncc(OBO)cc1Cl)C(=O)O. The Labute approximate surface area is 97.3 Å². The molecule has 0 saturated heterocycles. The minimum absolute atomic E-state index is 0.0353. The summed E-state index contributed by atoms with van der Waals surface area (Å²) in [5.74, 6) is -0.811. The van der Waals surface area contributed by atoms with Gasteiger partial charge in [0.25, 0.3) is 0 Å².